The lowest BCUT2D eigenvalue weighted by Gasteiger charge is -2.34. The van der Waals surface area contributed by atoms with E-state index in [0.29, 0.717) is 5.56 Å². The molecule has 224 valence electrons. The molecule has 7 nitrogen and oxygen atoms in total. The zero-order valence-electron chi connectivity index (χ0n) is 22.9. The summed E-state index contributed by atoms with van der Waals surface area (Å²) in [7, 11) is -2.87. The van der Waals surface area contributed by atoms with Crippen molar-refractivity contribution in [2.75, 3.05) is 17.9 Å². The number of anilines is 1. The zero-order chi connectivity index (χ0) is 31.1. The van der Waals surface area contributed by atoms with Gasteiger partial charge in [-0.05, 0) is 42.0 Å². The molecule has 0 fully saturated rings. The molecule has 0 saturated carbocycles. The van der Waals surface area contributed by atoms with Crippen LogP contribution in [0.2, 0.25) is 20.1 Å². The van der Waals surface area contributed by atoms with Gasteiger partial charge in [0.15, 0.2) is 0 Å². The molecule has 0 aliphatic rings. The molecule has 12 heteroatoms. The SMILES string of the molecule is CNC(=O)[C@H](Cc1ccccc1)N(Cc1c(Cl)cccc1Cl)C(=O)CN(c1cccc(Cl)c1Cl)S(=O)(=O)c1ccccc1. The van der Waals surface area contributed by atoms with E-state index in [2.05, 4.69) is 5.32 Å². The summed E-state index contributed by atoms with van der Waals surface area (Å²) in [5, 5.41) is 3.25. The van der Waals surface area contributed by atoms with Crippen LogP contribution in [0, 0.1) is 0 Å². The van der Waals surface area contributed by atoms with E-state index < -0.39 is 34.4 Å². The molecule has 0 aliphatic heterocycles. The average Bonchev–Trinajstić information content (AvgIpc) is 3.01. The average molecular weight is 679 g/mol. The molecule has 0 aromatic heterocycles. The summed E-state index contributed by atoms with van der Waals surface area (Å²) >= 11 is 25.7. The Hall–Kier alpha value is -3.27. The van der Waals surface area contributed by atoms with Gasteiger partial charge in [-0.1, -0.05) is 107 Å². The Morgan fingerprint density at radius 1 is 0.767 bits per heavy atom. The van der Waals surface area contributed by atoms with Crippen LogP contribution in [0.3, 0.4) is 0 Å². The molecular weight excluding hydrogens is 652 g/mol. The first kappa shape index (κ1) is 32.6. The predicted molar refractivity (Wildman–Crippen MR) is 172 cm³/mol. The summed E-state index contributed by atoms with van der Waals surface area (Å²) in [5.41, 5.74) is 1.19. The Morgan fingerprint density at radius 3 is 1.93 bits per heavy atom. The van der Waals surface area contributed by atoms with Crippen molar-refractivity contribution < 1.29 is 18.0 Å². The smallest absolute Gasteiger partial charge is 0.264 e. The van der Waals surface area contributed by atoms with Crippen LogP contribution in [-0.2, 0) is 32.6 Å². The van der Waals surface area contributed by atoms with Gasteiger partial charge in [-0.2, -0.15) is 0 Å². The zero-order valence-corrected chi connectivity index (χ0v) is 26.7. The number of halogens is 4. The van der Waals surface area contributed by atoms with E-state index in [4.69, 9.17) is 46.4 Å². The van der Waals surface area contributed by atoms with Gasteiger partial charge in [-0.3, -0.25) is 13.9 Å². The Labute approximate surface area is 271 Å². The van der Waals surface area contributed by atoms with Crippen molar-refractivity contribution in [2.45, 2.75) is 23.9 Å². The third kappa shape index (κ3) is 7.63. The number of carbonyl (C=O) groups excluding carboxylic acids is 2. The van der Waals surface area contributed by atoms with E-state index in [1.54, 1.807) is 36.4 Å². The summed E-state index contributed by atoms with van der Waals surface area (Å²) in [6.07, 6.45) is 0.137. The molecule has 4 rings (SSSR count). The first-order chi connectivity index (χ1) is 20.5. The van der Waals surface area contributed by atoms with Crippen LogP contribution < -0.4 is 9.62 Å². The highest BCUT2D eigenvalue weighted by Crippen LogP contribution is 2.36. The van der Waals surface area contributed by atoms with Crippen LogP contribution in [-0.4, -0.2) is 44.8 Å². The van der Waals surface area contributed by atoms with Crippen LogP contribution >= 0.6 is 46.4 Å². The van der Waals surface area contributed by atoms with Crippen LogP contribution in [0.25, 0.3) is 0 Å². The number of hydrogen-bond acceptors (Lipinski definition) is 4. The summed E-state index contributed by atoms with van der Waals surface area (Å²) in [6, 6.07) is 25.1. The summed E-state index contributed by atoms with van der Waals surface area (Å²) in [6.45, 7) is -0.883. The largest absolute Gasteiger partial charge is 0.357 e. The Bertz CT molecular complexity index is 1690. The Kier molecular flexibility index (Phi) is 11.0. The highest BCUT2D eigenvalue weighted by atomic mass is 35.5. The topological polar surface area (TPSA) is 86.8 Å². The maximum Gasteiger partial charge on any atom is 0.264 e. The predicted octanol–water partition coefficient (Wildman–Crippen LogP) is 6.88. The van der Waals surface area contributed by atoms with Gasteiger partial charge in [-0.25, -0.2) is 8.42 Å². The number of amides is 2. The molecule has 0 radical (unpaired) electrons. The maximum atomic E-state index is 14.4. The molecule has 0 aliphatic carbocycles. The second kappa shape index (κ2) is 14.5. The molecule has 2 amide bonds. The van der Waals surface area contributed by atoms with Gasteiger partial charge in [-0.15, -0.1) is 0 Å². The highest BCUT2D eigenvalue weighted by molar-refractivity contribution is 7.92. The minimum Gasteiger partial charge on any atom is -0.357 e. The van der Waals surface area contributed by atoms with E-state index in [1.807, 2.05) is 30.3 Å². The minimum absolute atomic E-state index is 0.00153. The molecule has 4 aromatic rings. The standard InChI is InChI=1S/C31H27Cl4N3O4S/c1-36-31(40)28(18-21-10-4-2-5-11-21)37(19-23-24(32)14-8-15-25(23)33)29(39)20-38(27-17-9-16-26(34)30(27)35)43(41,42)22-12-6-3-7-13-22/h2-17,28H,18-20H2,1H3,(H,36,40)/t28-/m0/s1. The van der Waals surface area contributed by atoms with Crippen molar-refractivity contribution in [1.29, 1.82) is 0 Å². The number of nitrogens with zero attached hydrogens (tertiary/aromatic N) is 2. The summed E-state index contributed by atoms with van der Waals surface area (Å²) in [4.78, 5) is 28.9. The highest BCUT2D eigenvalue weighted by Gasteiger charge is 2.35. The molecule has 0 heterocycles. The molecule has 1 atom stereocenters. The second-order valence-corrected chi connectivity index (χ2v) is 12.9. The van der Waals surface area contributed by atoms with Crippen molar-refractivity contribution in [2.24, 2.45) is 0 Å². The summed E-state index contributed by atoms with van der Waals surface area (Å²) < 4.78 is 28.9. The third-order valence-corrected chi connectivity index (χ3v) is 10.0. The fourth-order valence-electron chi connectivity index (χ4n) is 4.49. The van der Waals surface area contributed by atoms with Gasteiger partial charge < -0.3 is 10.2 Å². The van der Waals surface area contributed by atoms with Gasteiger partial charge in [0.25, 0.3) is 10.0 Å². The van der Waals surface area contributed by atoms with Crippen molar-refractivity contribution in [3.8, 4) is 0 Å². The lowest BCUT2D eigenvalue weighted by molar-refractivity contribution is -0.139. The van der Waals surface area contributed by atoms with Gasteiger partial charge >= 0.3 is 0 Å². The lowest BCUT2D eigenvalue weighted by atomic mass is 10.0. The Morgan fingerprint density at radius 2 is 1.33 bits per heavy atom. The molecule has 4 aromatic carbocycles. The van der Waals surface area contributed by atoms with E-state index >= 15 is 0 Å². The maximum absolute atomic E-state index is 14.4. The number of carbonyl (C=O) groups is 2. The van der Waals surface area contributed by atoms with E-state index in [-0.39, 0.29) is 43.6 Å². The molecule has 0 bridgehead atoms. The monoisotopic (exact) mass is 677 g/mol. The number of sulfonamides is 1. The van der Waals surface area contributed by atoms with E-state index in [0.717, 1.165) is 9.87 Å². The van der Waals surface area contributed by atoms with Crippen LogP contribution in [0.15, 0.2) is 102 Å². The van der Waals surface area contributed by atoms with Crippen molar-refractivity contribution >= 4 is 73.9 Å². The van der Waals surface area contributed by atoms with Crippen LogP contribution in [0.1, 0.15) is 11.1 Å². The van der Waals surface area contributed by atoms with Gasteiger partial charge in [0.2, 0.25) is 11.8 Å². The van der Waals surface area contributed by atoms with Gasteiger partial charge in [0, 0.05) is 35.6 Å². The lowest BCUT2D eigenvalue weighted by Crippen LogP contribution is -2.53. The number of likely N-dealkylation sites (N-methyl/N-ethyl adjacent to an activating group) is 1. The molecular formula is C31H27Cl4N3O4S. The number of benzene rings is 4. The molecule has 43 heavy (non-hydrogen) atoms. The van der Waals surface area contributed by atoms with E-state index in [1.165, 1.54) is 42.3 Å². The third-order valence-electron chi connectivity index (χ3n) is 6.72. The van der Waals surface area contributed by atoms with Crippen molar-refractivity contribution in [3.63, 3.8) is 0 Å². The molecule has 0 spiro atoms. The van der Waals surface area contributed by atoms with Crippen LogP contribution in [0.4, 0.5) is 5.69 Å². The fourth-order valence-corrected chi connectivity index (χ4v) is 6.90. The first-order valence-corrected chi connectivity index (χ1v) is 16.0. The summed E-state index contributed by atoms with van der Waals surface area (Å²) in [5.74, 6) is -1.16. The molecule has 1 N–H and O–H groups in total. The second-order valence-electron chi connectivity index (χ2n) is 9.44. The molecule has 0 unspecified atom stereocenters. The number of hydrogen-bond donors (Lipinski definition) is 1. The first-order valence-electron chi connectivity index (χ1n) is 13.0. The fraction of sp³-hybridized carbons (Fsp3) is 0.161. The van der Waals surface area contributed by atoms with Gasteiger partial charge in [0.05, 0.1) is 20.6 Å². The van der Waals surface area contributed by atoms with Crippen molar-refractivity contribution in [3.05, 3.63) is 128 Å². The number of rotatable bonds is 11. The Balaban J connectivity index is 1.85. The van der Waals surface area contributed by atoms with E-state index in [9.17, 15) is 18.0 Å². The van der Waals surface area contributed by atoms with Gasteiger partial charge in [0.1, 0.15) is 12.6 Å². The minimum atomic E-state index is -4.33. The number of nitrogens with one attached hydrogen (secondary N) is 1. The van der Waals surface area contributed by atoms with Crippen molar-refractivity contribution in [1.82, 2.24) is 10.2 Å². The quantitative estimate of drug-likeness (QED) is 0.187. The molecule has 0 saturated heterocycles. The normalized spacial score (nSPS) is 11.9. The van der Waals surface area contributed by atoms with Crippen LogP contribution in [0.5, 0.6) is 0 Å².